The standard InChI is InChI=1S/C11H9F3N2O2/c12-11(13,14)5-4-8-15-7-3-1-2-6(10(17)18)9(7)16-8/h1-3H,4-5H2,(H,15,16)(H,17,18). The van der Waals surface area contributed by atoms with Crippen LogP contribution in [0.5, 0.6) is 0 Å². The van der Waals surface area contributed by atoms with E-state index < -0.39 is 18.6 Å². The zero-order valence-electron chi connectivity index (χ0n) is 9.08. The number of aryl methyl sites for hydroxylation is 1. The van der Waals surface area contributed by atoms with Crippen molar-refractivity contribution in [3.05, 3.63) is 29.6 Å². The predicted molar refractivity (Wildman–Crippen MR) is 57.4 cm³/mol. The maximum atomic E-state index is 12.1. The van der Waals surface area contributed by atoms with Crippen molar-refractivity contribution >= 4 is 17.0 Å². The minimum atomic E-state index is -4.26. The maximum absolute atomic E-state index is 12.1. The van der Waals surface area contributed by atoms with E-state index in [0.29, 0.717) is 5.52 Å². The Hall–Kier alpha value is -2.05. The van der Waals surface area contributed by atoms with E-state index in [0.717, 1.165) is 0 Å². The number of aromatic carboxylic acids is 1. The van der Waals surface area contributed by atoms with Gasteiger partial charge in [-0.3, -0.25) is 0 Å². The third kappa shape index (κ3) is 2.61. The third-order valence-corrected chi connectivity index (χ3v) is 2.44. The number of benzene rings is 1. The molecule has 0 saturated carbocycles. The van der Waals surface area contributed by atoms with E-state index in [1.54, 1.807) is 6.07 Å². The molecule has 7 heteroatoms. The summed E-state index contributed by atoms with van der Waals surface area (Å²) in [5.74, 6) is -1.02. The molecular formula is C11H9F3N2O2. The maximum Gasteiger partial charge on any atom is 0.389 e. The van der Waals surface area contributed by atoms with Gasteiger partial charge in [-0.05, 0) is 12.1 Å². The number of carboxylic acids is 1. The molecule has 96 valence electrons. The summed E-state index contributed by atoms with van der Waals surface area (Å²) in [6.45, 7) is 0. The van der Waals surface area contributed by atoms with Crippen LogP contribution in [-0.4, -0.2) is 27.2 Å². The highest BCUT2D eigenvalue weighted by atomic mass is 19.4. The van der Waals surface area contributed by atoms with Crippen LogP contribution in [0.3, 0.4) is 0 Å². The first-order valence-electron chi connectivity index (χ1n) is 5.14. The zero-order chi connectivity index (χ0) is 13.3. The van der Waals surface area contributed by atoms with Gasteiger partial charge in [0.15, 0.2) is 0 Å². The molecule has 2 aromatic rings. The number of nitrogens with zero attached hydrogens (tertiary/aromatic N) is 1. The minimum absolute atomic E-state index is 0.0259. The van der Waals surface area contributed by atoms with Gasteiger partial charge in [0, 0.05) is 6.42 Å². The molecule has 0 amide bonds. The van der Waals surface area contributed by atoms with Crippen molar-refractivity contribution in [3.63, 3.8) is 0 Å². The second kappa shape index (κ2) is 4.32. The lowest BCUT2D eigenvalue weighted by molar-refractivity contribution is -0.134. The Bertz CT molecular complexity index is 589. The Morgan fingerprint density at radius 3 is 2.72 bits per heavy atom. The number of hydrogen-bond acceptors (Lipinski definition) is 2. The van der Waals surface area contributed by atoms with E-state index in [4.69, 9.17) is 5.11 Å². The molecule has 0 saturated heterocycles. The number of aromatic nitrogens is 2. The highest BCUT2D eigenvalue weighted by Gasteiger charge is 2.27. The monoisotopic (exact) mass is 258 g/mol. The number of alkyl halides is 3. The average Bonchev–Trinajstić information content (AvgIpc) is 2.67. The Labute approximate surface area is 99.5 Å². The summed E-state index contributed by atoms with van der Waals surface area (Å²) in [5.41, 5.74) is 0.580. The normalized spacial score (nSPS) is 11.9. The Morgan fingerprint density at radius 2 is 2.11 bits per heavy atom. The van der Waals surface area contributed by atoms with E-state index in [2.05, 4.69) is 9.97 Å². The molecule has 0 spiro atoms. The van der Waals surface area contributed by atoms with E-state index in [1.165, 1.54) is 12.1 Å². The number of carboxylic acid groups (broad SMARTS) is 1. The summed E-state index contributed by atoms with van der Waals surface area (Å²) in [4.78, 5) is 17.5. The van der Waals surface area contributed by atoms with Crippen LogP contribution >= 0.6 is 0 Å². The smallest absolute Gasteiger partial charge is 0.389 e. The van der Waals surface area contributed by atoms with Gasteiger partial charge in [-0.15, -0.1) is 0 Å². The second-order valence-electron chi connectivity index (χ2n) is 3.81. The van der Waals surface area contributed by atoms with E-state index >= 15 is 0 Å². The van der Waals surface area contributed by atoms with Crippen LogP contribution in [0.1, 0.15) is 22.6 Å². The molecule has 18 heavy (non-hydrogen) atoms. The molecule has 0 radical (unpaired) electrons. The molecule has 1 heterocycles. The number of halogens is 3. The van der Waals surface area contributed by atoms with Crippen LogP contribution in [0.2, 0.25) is 0 Å². The van der Waals surface area contributed by atoms with Gasteiger partial charge in [-0.2, -0.15) is 13.2 Å². The first kappa shape index (κ1) is 12.4. The lowest BCUT2D eigenvalue weighted by atomic mass is 10.2. The van der Waals surface area contributed by atoms with E-state index in [-0.39, 0.29) is 23.3 Å². The molecule has 0 bridgehead atoms. The lowest BCUT2D eigenvalue weighted by Crippen LogP contribution is -2.09. The van der Waals surface area contributed by atoms with Gasteiger partial charge in [0.2, 0.25) is 0 Å². The summed E-state index contributed by atoms with van der Waals surface area (Å²) >= 11 is 0. The molecule has 0 aliphatic rings. The summed E-state index contributed by atoms with van der Waals surface area (Å²) in [7, 11) is 0. The number of aromatic amines is 1. The summed E-state index contributed by atoms with van der Waals surface area (Å²) in [5, 5.41) is 8.92. The molecule has 2 N–H and O–H groups in total. The van der Waals surface area contributed by atoms with Crippen LogP contribution in [0.25, 0.3) is 11.0 Å². The van der Waals surface area contributed by atoms with Crippen LogP contribution in [0.4, 0.5) is 13.2 Å². The summed E-state index contributed by atoms with van der Waals surface area (Å²) < 4.78 is 36.2. The van der Waals surface area contributed by atoms with Crippen LogP contribution < -0.4 is 0 Å². The Balaban J connectivity index is 2.33. The number of rotatable bonds is 3. The SMILES string of the molecule is O=C(O)c1cccc2[nH]c(CCC(F)(F)F)nc12. The summed E-state index contributed by atoms with van der Waals surface area (Å²) in [6, 6.07) is 4.45. The fraction of sp³-hybridized carbons (Fsp3) is 0.273. The highest BCUT2D eigenvalue weighted by Crippen LogP contribution is 2.23. The topological polar surface area (TPSA) is 66.0 Å². The van der Waals surface area contributed by atoms with Crippen molar-refractivity contribution in [2.45, 2.75) is 19.0 Å². The van der Waals surface area contributed by atoms with Gasteiger partial charge >= 0.3 is 12.1 Å². The number of H-pyrrole nitrogens is 1. The van der Waals surface area contributed by atoms with Gasteiger partial charge in [-0.1, -0.05) is 6.07 Å². The molecule has 1 aromatic carbocycles. The number of carbonyl (C=O) groups is 1. The van der Waals surface area contributed by atoms with Gasteiger partial charge in [0.1, 0.15) is 11.3 Å². The molecule has 0 atom stereocenters. The fourth-order valence-electron chi connectivity index (χ4n) is 1.63. The van der Waals surface area contributed by atoms with Crippen molar-refractivity contribution in [3.8, 4) is 0 Å². The minimum Gasteiger partial charge on any atom is -0.478 e. The Kier molecular flexibility index (Phi) is 2.98. The zero-order valence-corrected chi connectivity index (χ0v) is 9.08. The van der Waals surface area contributed by atoms with Crippen LogP contribution in [0.15, 0.2) is 18.2 Å². The average molecular weight is 258 g/mol. The van der Waals surface area contributed by atoms with Crippen molar-refractivity contribution in [1.82, 2.24) is 9.97 Å². The largest absolute Gasteiger partial charge is 0.478 e. The van der Waals surface area contributed by atoms with Gasteiger partial charge in [-0.25, -0.2) is 9.78 Å². The van der Waals surface area contributed by atoms with Gasteiger partial charge < -0.3 is 10.1 Å². The number of para-hydroxylation sites is 1. The quantitative estimate of drug-likeness (QED) is 0.889. The molecule has 2 rings (SSSR count). The fourth-order valence-corrected chi connectivity index (χ4v) is 1.63. The number of imidazole rings is 1. The van der Waals surface area contributed by atoms with Crippen LogP contribution in [0, 0.1) is 0 Å². The molecule has 0 aliphatic carbocycles. The lowest BCUT2D eigenvalue weighted by Gasteiger charge is -2.02. The number of hydrogen-bond donors (Lipinski definition) is 2. The van der Waals surface area contributed by atoms with Crippen molar-refractivity contribution in [2.24, 2.45) is 0 Å². The molecule has 0 unspecified atom stereocenters. The van der Waals surface area contributed by atoms with Crippen molar-refractivity contribution in [1.29, 1.82) is 0 Å². The highest BCUT2D eigenvalue weighted by molar-refractivity contribution is 6.00. The molecular weight excluding hydrogens is 249 g/mol. The van der Waals surface area contributed by atoms with Crippen LogP contribution in [-0.2, 0) is 6.42 Å². The first-order chi connectivity index (χ1) is 8.37. The molecule has 0 aliphatic heterocycles. The third-order valence-electron chi connectivity index (χ3n) is 2.44. The molecule has 4 nitrogen and oxygen atoms in total. The number of nitrogens with one attached hydrogen (secondary N) is 1. The van der Waals surface area contributed by atoms with E-state index in [1.807, 2.05) is 0 Å². The summed E-state index contributed by atoms with van der Waals surface area (Å²) in [6.07, 6.45) is -5.54. The Morgan fingerprint density at radius 1 is 1.39 bits per heavy atom. The van der Waals surface area contributed by atoms with Gasteiger partial charge in [0.25, 0.3) is 0 Å². The van der Waals surface area contributed by atoms with E-state index in [9.17, 15) is 18.0 Å². The van der Waals surface area contributed by atoms with Gasteiger partial charge in [0.05, 0.1) is 17.5 Å². The van der Waals surface area contributed by atoms with Crippen molar-refractivity contribution in [2.75, 3.05) is 0 Å². The predicted octanol–water partition coefficient (Wildman–Crippen LogP) is 2.76. The molecule has 0 fully saturated rings. The number of fused-ring (bicyclic) bond motifs is 1. The first-order valence-corrected chi connectivity index (χ1v) is 5.14. The second-order valence-corrected chi connectivity index (χ2v) is 3.81. The van der Waals surface area contributed by atoms with Crippen molar-refractivity contribution < 1.29 is 23.1 Å². The molecule has 1 aromatic heterocycles.